The summed E-state index contributed by atoms with van der Waals surface area (Å²) in [6.07, 6.45) is 8.70. The van der Waals surface area contributed by atoms with Crippen molar-refractivity contribution >= 4 is 18.1 Å². The summed E-state index contributed by atoms with van der Waals surface area (Å²) >= 11 is 0. The van der Waals surface area contributed by atoms with Gasteiger partial charge in [-0.2, -0.15) is 0 Å². The lowest BCUT2D eigenvalue weighted by Gasteiger charge is -2.23. The highest BCUT2D eigenvalue weighted by Gasteiger charge is 2.19. The Morgan fingerprint density at radius 1 is 1.08 bits per heavy atom. The van der Waals surface area contributed by atoms with E-state index in [0.29, 0.717) is 11.3 Å². The fourth-order valence-corrected chi connectivity index (χ4v) is 3.19. The van der Waals surface area contributed by atoms with Gasteiger partial charge in [-0.25, -0.2) is 9.18 Å². The Bertz CT molecular complexity index is 806. The highest BCUT2D eigenvalue weighted by atomic mass is 19.1. The number of benzene rings is 2. The SMILES string of the molecule is O=C(O)c1c(O)cc(OC2CCCCC2)cc1C=Cc1ccc(F)cc1. The third-order valence-corrected chi connectivity index (χ3v) is 4.52. The molecule has 0 bridgehead atoms. The lowest BCUT2D eigenvalue weighted by molar-refractivity contribution is 0.0693. The molecule has 3 rings (SSSR count). The van der Waals surface area contributed by atoms with Gasteiger partial charge in [0.2, 0.25) is 0 Å². The van der Waals surface area contributed by atoms with Crippen LogP contribution in [-0.2, 0) is 0 Å². The molecule has 2 aromatic rings. The first kappa shape index (κ1) is 18.0. The van der Waals surface area contributed by atoms with Crippen molar-refractivity contribution < 1.29 is 24.1 Å². The van der Waals surface area contributed by atoms with Crippen LogP contribution in [-0.4, -0.2) is 22.3 Å². The number of hydrogen-bond donors (Lipinski definition) is 2. The molecule has 1 aliphatic carbocycles. The van der Waals surface area contributed by atoms with E-state index in [-0.39, 0.29) is 23.2 Å². The van der Waals surface area contributed by atoms with Gasteiger partial charge >= 0.3 is 5.97 Å². The minimum atomic E-state index is -1.22. The summed E-state index contributed by atoms with van der Waals surface area (Å²) in [7, 11) is 0. The first-order valence-corrected chi connectivity index (χ1v) is 8.73. The van der Waals surface area contributed by atoms with E-state index in [2.05, 4.69) is 0 Å². The molecule has 26 heavy (non-hydrogen) atoms. The average molecular weight is 356 g/mol. The summed E-state index contributed by atoms with van der Waals surface area (Å²) in [6, 6.07) is 8.82. The number of phenols is 1. The van der Waals surface area contributed by atoms with Crippen LogP contribution < -0.4 is 4.74 Å². The van der Waals surface area contributed by atoms with Crippen LogP contribution in [0.5, 0.6) is 11.5 Å². The first-order chi connectivity index (χ1) is 12.5. The van der Waals surface area contributed by atoms with E-state index in [1.54, 1.807) is 30.4 Å². The molecule has 0 atom stereocenters. The zero-order valence-corrected chi connectivity index (χ0v) is 14.3. The van der Waals surface area contributed by atoms with Gasteiger partial charge in [0.1, 0.15) is 22.9 Å². The minimum absolute atomic E-state index is 0.0905. The van der Waals surface area contributed by atoms with Gasteiger partial charge in [-0.15, -0.1) is 0 Å². The fraction of sp³-hybridized carbons (Fsp3) is 0.286. The second-order valence-electron chi connectivity index (χ2n) is 6.47. The minimum Gasteiger partial charge on any atom is -0.507 e. The normalized spacial score (nSPS) is 15.3. The number of rotatable bonds is 5. The molecule has 0 spiro atoms. The Hall–Kier alpha value is -2.82. The number of carbonyl (C=O) groups is 1. The number of aromatic carboxylic acids is 1. The van der Waals surface area contributed by atoms with Gasteiger partial charge < -0.3 is 14.9 Å². The van der Waals surface area contributed by atoms with E-state index in [0.717, 1.165) is 31.2 Å². The summed E-state index contributed by atoms with van der Waals surface area (Å²) < 4.78 is 18.9. The topological polar surface area (TPSA) is 66.8 Å². The lowest BCUT2D eigenvalue weighted by atomic mass is 9.97. The zero-order chi connectivity index (χ0) is 18.5. The summed E-state index contributed by atoms with van der Waals surface area (Å²) in [5.74, 6) is -1.43. The highest BCUT2D eigenvalue weighted by Crippen LogP contribution is 2.32. The van der Waals surface area contributed by atoms with Crippen molar-refractivity contribution in [3.8, 4) is 11.5 Å². The molecule has 2 aromatic carbocycles. The third kappa shape index (κ3) is 4.42. The molecule has 0 aromatic heterocycles. The molecular formula is C21H21FO4. The maximum atomic E-state index is 13.0. The summed E-state index contributed by atoms with van der Waals surface area (Å²) in [5, 5.41) is 19.6. The van der Waals surface area contributed by atoms with Crippen molar-refractivity contribution in [1.29, 1.82) is 0 Å². The molecule has 5 heteroatoms. The van der Waals surface area contributed by atoms with Crippen molar-refractivity contribution in [3.63, 3.8) is 0 Å². The molecule has 0 amide bonds. The van der Waals surface area contributed by atoms with Crippen molar-refractivity contribution in [2.24, 2.45) is 0 Å². The van der Waals surface area contributed by atoms with Crippen molar-refractivity contribution in [2.45, 2.75) is 38.2 Å². The number of hydrogen-bond acceptors (Lipinski definition) is 3. The van der Waals surface area contributed by atoms with Crippen LogP contribution >= 0.6 is 0 Å². The zero-order valence-electron chi connectivity index (χ0n) is 14.3. The predicted molar refractivity (Wildman–Crippen MR) is 97.9 cm³/mol. The Morgan fingerprint density at radius 2 is 1.77 bits per heavy atom. The Kier molecular flexibility index (Phi) is 5.56. The molecule has 4 nitrogen and oxygen atoms in total. The van der Waals surface area contributed by atoms with Gasteiger partial charge in [-0.05, 0) is 55.0 Å². The largest absolute Gasteiger partial charge is 0.507 e. The van der Waals surface area contributed by atoms with Crippen LogP contribution in [0, 0.1) is 5.82 Å². The maximum Gasteiger partial charge on any atom is 0.340 e. The number of ether oxygens (including phenoxy) is 1. The van der Waals surface area contributed by atoms with E-state index < -0.39 is 5.97 Å². The van der Waals surface area contributed by atoms with Crippen LogP contribution in [0.2, 0.25) is 0 Å². The van der Waals surface area contributed by atoms with Gasteiger partial charge in [0.05, 0.1) is 6.10 Å². The van der Waals surface area contributed by atoms with Crippen LogP contribution in [0.25, 0.3) is 12.2 Å². The predicted octanol–water partition coefficient (Wildman–Crippen LogP) is 5.11. The standard InChI is InChI=1S/C21H21FO4/c22-16-10-7-14(8-11-16)6-9-15-12-18(13-19(23)20(15)21(24)25)26-17-4-2-1-3-5-17/h6-13,17,23H,1-5H2,(H,24,25). The molecule has 1 aliphatic rings. The van der Waals surface area contributed by atoms with Gasteiger partial charge in [0.15, 0.2) is 0 Å². The monoisotopic (exact) mass is 356 g/mol. The van der Waals surface area contributed by atoms with Crippen molar-refractivity contribution in [1.82, 2.24) is 0 Å². The highest BCUT2D eigenvalue weighted by molar-refractivity contribution is 5.96. The Balaban J connectivity index is 1.89. The van der Waals surface area contributed by atoms with E-state index in [1.165, 1.54) is 24.6 Å². The molecule has 0 unspecified atom stereocenters. The quantitative estimate of drug-likeness (QED) is 0.731. The number of carboxylic acids is 1. The fourth-order valence-electron chi connectivity index (χ4n) is 3.19. The van der Waals surface area contributed by atoms with Gasteiger partial charge in [0, 0.05) is 6.07 Å². The molecule has 0 heterocycles. The van der Waals surface area contributed by atoms with Gasteiger partial charge in [0.25, 0.3) is 0 Å². The molecule has 0 saturated heterocycles. The smallest absolute Gasteiger partial charge is 0.340 e. The average Bonchev–Trinajstić information content (AvgIpc) is 2.61. The van der Waals surface area contributed by atoms with Crippen LogP contribution in [0.3, 0.4) is 0 Å². The third-order valence-electron chi connectivity index (χ3n) is 4.52. The van der Waals surface area contributed by atoms with Crippen LogP contribution in [0.4, 0.5) is 4.39 Å². The number of halogens is 1. The number of aromatic hydroxyl groups is 1. The molecule has 0 radical (unpaired) electrons. The summed E-state index contributed by atoms with van der Waals surface area (Å²) in [4.78, 5) is 11.5. The Morgan fingerprint density at radius 3 is 2.42 bits per heavy atom. The van der Waals surface area contributed by atoms with E-state index in [9.17, 15) is 19.4 Å². The van der Waals surface area contributed by atoms with Crippen LogP contribution in [0.15, 0.2) is 36.4 Å². The molecular weight excluding hydrogens is 335 g/mol. The van der Waals surface area contributed by atoms with Crippen LogP contribution in [0.1, 0.15) is 53.6 Å². The molecule has 2 N–H and O–H groups in total. The van der Waals surface area contributed by atoms with E-state index >= 15 is 0 Å². The van der Waals surface area contributed by atoms with Crippen molar-refractivity contribution in [2.75, 3.05) is 0 Å². The molecule has 136 valence electrons. The Labute approximate surface area is 151 Å². The molecule has 1 fully saturated rings. The molecule has 1 saturated carbocycles. The van der Waals surface area contributed by atoms with Crippen molar-refractivity contribution in [3.05, 3.63) is 58.9 Å². The van der Waals surface area contributed by atoms with Gasteiger partial charge in [-0.1, -0.05) is 30.7 Å². The summed E-state index contributed by atoms with van der Waals surface area (Å²) in [6.45, 7) is 0. The first-order valence-electron chi connectivity index (χ1n) is 8.73. The summed E-state index contributed by atoms with van der Waals surface area (Å²) in [5.41, 5.74) is 0.882. The second kappa shape index (κ2) is 8.04. The maximum absolute atomic E-state index is 13.0. The van der Waals surface area contributed by atoms with Gasteiger partial charge in [-0.3, -0.25) is 0 Å². The van der Waals surface area contributed by atoms with E-state index in [1.807, 2.05) is 0 Å². The van der Waals surface area contributed by atoms with E-state index in [4.69, 9.17) is 4.74 Å². The second-order valence-corrected chi connectivity index (χ2v) is 6.47. The lowest BCUT2D eigenvalue weighted by Crippen LogP contribution is -2.19. The number of carboxylic acid groups (broad SMARTS) is 1. The molecule has 0 aliphatic heterocycles.